The number of rotatable bonds is 2. The quantitative estimate of drug-likeness (QED) is 0.652. The van der Waals surface area contributed by atoms with Gasteiger partial charge < -0.3 is 10.6 Å². The molecule has 0 saturated carbocycles. The lowest BCUT2D eigenvalue weighted by Gasteiger charge is -2.30. The standard InChI is InChI=1S/C15H17N3S/c1-10-2-3-13(12(8-10)15(16)17)18-6-4-14-11(9-18)5-7-19-14/h2-3,5,7-8H,4,6,9H2,1H3,(H3,16,17). The Morgan fingerprint density at radius 3 is 3.00 bits per heavy atom. The fraction of sp³-hybridized carbons (Fsp3) is 0.267. The molecular formula is C15H17N3S. The van der Waals surface area contributed by atoms with E-state index >= 15 is 0 Å². The second-order valence-electron chi connectivity index (χ2n) is 4.97. The van der Waals surface area contributed by atoms with E-state index in [2.05, 4.69) is 28.5 Å². The van der Waals surface area contributed by atoms with Crippen LogP contribution in [0.25, 0.3) is 0 Å². The predicted molar refractivity (Wildman–Crippen MR) is 81.3 cm³/mol. The van der Waals surface area contributed by atoms with E-state index in [0.717, 1.165) is 36.3 Å². The van der Waals surface area contributed by atoms with Crippen molar-refractivity contribution in [1.82, 2.24) is 0 Å². The molecule has 2 heterocycles. The molecule has 1 aliphatic rings. The number of thiophene rings is 1. The highest BCUT2D eigenvalue weighted by Gasteiger charge is 2.20. The van der Waals surface area contributed by atoms with Crippen molar-refractivity contribution in [2.45, 2.75) is 19.9 Å². The van der Waals surface area contributed by atoms with Gasteiger partial charge in [-0.25, -0.2) is 0 Å². The van der Waals surface area contributed by atoms with Crippen LogP contribution in [-0.2, 0) is 13.0 Å². The molecule has 4 heteroatoms. The van der Waals surface area contributed by atoms with Crippen LogP contribution >= 0.6 is 11.3 Å². The van der Waals surface area contributed by atoms with Crippen molar-refractivity contribution >= 4 is 22.9 Å². The predicted octanol–water partition coefficient (Wildman–Crippen LogP) is 2.90. The third-order valence-corrected chi connectivity index (χ3v) is 4.61. The third-order valence-electron chi connectivity index (χ3n) is 3.59. The Bertz CT molecular complexity index is 630. The molecule has 0 unspecified atom stereocenters. The SMILES string of the molecule is Cc1ccc(N2CCc3sccc3C2)c(C(=N)N)c1. The average Bonchev–Trinajstić information content (AvgIpc) is 2.85. The van der Waals surface area contributed by atoms with Gasteiger partial charge in [0.2, 0.25) is 0 Å². The first-order valence-electron chi connectivity index (χ1n) is 6.40. The van der Waals surface area contributed by atoms with Crippen LogP contribution in [0.3, 0.4) is 0 Å². The molecule has 1 aromatic heterocycles. The molecule has 0 fully saturated rings. The van der Waals surface area contributed by atoms with Crippen LogP contribution < -0.4 is 10.6 Å². The zero-order valence-electron chi connectivity index (χ0n) is 10.9. The van der Waals surface area contributed by atoms with Crippen LogP contribution in [0.5, 0.6) is 0 Å². The molecular weight excluding hydrogens is 254 g/mol. The number of hydrogen-bond acceptors (Lipinski definition) is 3. The van der Waals surface area contributed by atoms with Crippen molar-refractivity contribution in [3.05, 3.63) is 51.2 Å². The number of hydrogen-bond donors (Lipinski definition) is 2. The van der Waals surface area contributed by atoms with Crippen molar-refractivity contribution in [2.24, 2.45) is 5.73 Å². The molecule has 0 atom stereocenters. The molecule has 3 nitrogen and oxygen atoms in total. The van der Waals surface area contributed by atoms with Gasteiger partial charge in [0.05, 0.1) is 0 Å². The van der Waals surface area contributed by atoms with Crippen molar-refractivity contribution in [3.8, 4) is 0 Å². The molecule has 2 aromatic rings. The highest BCUT2D eigenvalue weighted by Crippen LogP contribution is 2.30. The van der Waals surface area contributed by atoms with Crippen LogP contribution in [0.15, 0.2) is 29.6 Å². The number of benzene rings is 1. The molecule has 0 spiro atoms. The maximum Gasteiger partial charge on any atom is 0.124 e. The van der Waals surface area contributed by atoms with Crippen LogP contribution in [-0.4, -0.2) is 12.4 Å². The summed E-state index contributed by atoms with van der Waals surface area (Å²) in [6.07, 6.45) is 1.08. The first kappa shape index (κ1) is 12.2. The van der Waals surface area contributed by atoms with Gasteiger partial charge in [0.15, 0.2) is 0 Å². The first-order valence-corrected chi connectivity index (χ1v) is 7.28. The van der Waals surface area contributed by atoms with Gasteiger partial charge >= 0.3 is 0 Å². The van der Waals surface area contributed by atoms with Gasteiger partial charge in [-0.3, -0.25) is 5.41 Å². The summed E-state index contributed by atoms with van der Waals surface area (Å²) in [6.45, 7) is 3.95. The summed E-state index contributed by atoms with van der Waals surface area (Å²) in [5.74, 6) is 0.148. The lowest BCUT2D eigenvalue weighted by Crippen LogP contribution is -2.31. The summed E-state index contributed by atoms with van der Waals surface area (Å²) in [7, 11) is 0. The van der Waals surface area contributed by atoms with Gasteiger partial charge in [0.1, 0.15) is 5.84 Å². The Balaban J connectivity index is 1.98. The summed E-state index contributed by atoms with van der Waals surface area (Å²) in [4.78, 5) is 3.82. The van der Waals surface area contributed by atoms with E-state index in [4.69, 9.17) is 11.1 Å². The van der Waals surface area contributed by atoms with Gasteiger partial charge in [-0.15, -0.1) is 11.3 Å². The fourth-order valence-corrected chi connectivity index (χ4v) is 3.49. The zero-order valence-corrected chi connectivity index (χ0v) is 11.8. The van der Waals surface area contributed by atoms with Crippen LogP contribution in [0.1, 0.15) is 21.6 Å². The fourth-order valence-electron chi connectivity index (χ4n) is 2.60. The van der Waals surface area contributed by atoms with E-state index < -0.39 is 0 Å². The minimum atomic E-state index is 0.148. The number of amidine groups is 1. The van der Waals surface area contributed by atoms with Gasteiger partial charge in [-0.2, -0.15) is 0 Å². The Morgan fingerprint density at radius 1 is 1.37 bits per heavy atom. The molecule has 19 heavy (non-hydrogen) atoms. The van der Waals surface area contributed by atoms with E-state index in [9.17, 15) is 0 Å². The van der Waals surface area contributed by atoms with E-state index in [-0.39, 0.29) is 5.84 Å². The molecule has 0 amide bonds. The molecule has 0 saturated heterocycles. The number of nitrogen functional groups attached to an aromatic ring is 1. The molecule has 0 aliphatic carbocycles. The number of aryl methyl sites for hydroxylation is 1. The van der Waals surface area contributed by atoms with E-state index in [1.807, 2.05) is 24.3 Å². The number of nitrogens with zero attached hydrogens (tertiary/aromatic N) is 1. The van der Waals surface area contributed by atoms with Crippen molar-refractivity contribution in [3.63, 3.8) is 0 Å². The number of anilines is 1. The minimum absolute atomic E-state index is 0.148. The third kappa shape index (κ3) is 2.24. The summed E-state index contributed by atoms with van der Waals surface area (Å²) in [6, 6.07) is 8.38. The smallest absolute Gasteiger partial charge is 0.124 e. The Morgan fingerprint density at radius 2 is 2.21 bits per heavy atom. The molecule has 98 valence electrons. The maximum absolute atomic E-state index is 7.76. The van der Waals surface area contributed by atoms with Crippen LogP contribution in [0.4, 0.5) is 5.69 Å². The lowest BCUT2D eigenvalue weighted by molar-refractivity contribution is 0.743. The second-order valence-corrected chi connectivity index (χ2v) is 5.98. The molecule has 1 aromatic carbocycles. The largest absolute Gasteiger partial charge is 0.384 e. The first-order chi connectivity index (χ1) is 9.15. The van der Waals surface area contributed by atoms with Crippen LogP contribution in [0.2, 0.25) is 0 Å². The van der Waals surface area contributed by atoms with Crippen LogP contribution in [0, 0.1) is 12.3 Å². The van der Waals surface area contributed by atoms with Gasteiger partial charge in [-0.1, -0.05) is 11.6 Å². The van der Waals surface area contributed by atoms with Crippen molar-refractivity contribution in [1.29, 1.82) is 5.41 Å². The molecule has 0 bridgehead atoms. The summed E-state index contributed by atoms with van der Waals surface area (Å²) in [5.41, 5.74) is 10.2. The summed E-state index contributed by atoms with van der Waals surface area (Å²) >= 11 is 1.84. The zero-order chi connectivity index (χ0) is 13.4. The monoisotopic (exact) mass is 271 g/mol. The second kappa shape index (κ2) is 4.70. The van der Waals surface area contributed by atoms with Gasteiger partial charge in [-0.05, 0) is 42.5 Å². The number of nitrogens with one attached hydrogen (secondary N) is 1. The molecule has 0 radical (unpaired) electrons. The highest BCUT2D eigenvalue weighted by molar-refractivity contribution is 7.10. The van der Waals surface area contributed by atoms with Crippen molar-refractivity contribution in [2.75, 3.05) is 11.4 Å². The Kier molecular flexibility index (Phi) is 3.03. The van der Waals surface area contributed by atoms with E-state index in [0.29, 0.717) is 0 Å². The lowest BCUT2D eigenvalue weighted by atomic mass is 10.0. The van der Waals surface area contributed by atoms with Gasteiger partial charge in [0.25, 0.3) is 0 Å². The van der Waals surface area contributed by atoms with E-state index in [1.165, 1.54) is 10.4 Å². The van der Waals surface area contributed by atoms with Gasteiger partial charge in [0, 0.05) is 29.2 Å². The average molecular weight is 271 g/mol. The Labute approximate surface area is 117 Å². The number of nitrogens with two attached hydrogens (primary N) is 1. The summed E-state index contributed by atoms with van der Waals surface area (Å²) in [5, 5.41) is 9.92. The molecule has 1 aliphatic heterocycles. The van der Waals surface area contributed by atoms with E-state index in [1.54, 1.807) is 0 Å². The molecule has 3 rings (SSSR count). The summed E-state index contributed by atoms with van der Waals surface area (Å²) < 4.78 is 0. The Hall–Kier alpha value is -1.81. The normalized spacial score (nSPS) is 14.3. The topological polar surface area (TPSA) is 53.1 Å². The maximum atomic E-state index is 7.76. The minimum Gasteiger partial charge on any atom is -0.384 e. The highest BCUT2D eigenvalue weighted by atomic mass is 32.1. The number of fused-ring (bicyclic) bond motifs is 1. The van der Waals surface area contributed by atoms with Crippen molar-refractivity contribution < 1.29 is 0 Å². The molecule has 3 N–H and O–H groups in total.